The number of hydrogen-bond acceptors (Lipinski definition) is 7. The molecule has 0 atom stereocenters. The van der Waals surface area contributed by atoms with Gasteiger partial charge in [0.1, 0.15) is 16.7 Å². The van der Waals surface area contributed by atoms with Crippen LogP contribution in [-0.4, -0.2) is 31.6 Å². The lowest BCUT2D eigenvalue weighted by atomic mass is 10.4. The molecule has 0 bridgehead atoms. The molecule has 0 aliphatic carbocycles. The maximum Gasteiger partial charge on any atom is 0.275 e. The van der Waals surface area contributed by atoms with Gasteiger partial charge in [-0.1, -0.05) is 6.92 Å². The van der Waals surface area contributed by atoms with Crippen LogP contribution >= 0.6 is 11.8 Å². The van der Waals surface area contributed by atoms with Crippen molar-refractivity contribution < 1.29 is 4.92 Å². The van der Waals surface area contributed by atoms with Crippen molar-refractivity contribution in [1.82, 2.24) is 20.2 Å². The topological polar surface area (TPSA) is 110 Å². The molecular formula is C11H14N6O2S. The highest BCUT2D eigenvalue weighted by Crippen LogP contribution is 2.28. The number of anilines is 1. The number of nitrogens with one attached hydrogen (secondary N) is 2. The predicted molar refractivity (Wildman–Crippen MR) is 74.9 cm³/mol. The van der Waals surface area contributed by atoms with Gasteiger partial charge in [-0.15, -0.1) is 5.10 Å². The van der Waals surface area contributed by atoms with E-state index in [1.54, 1.807) is 6.92 Å². The van der Waals surface area contributed by atoms with Crippen molar-refractivity contribution >= 4 is 23.3 Å². The second kappa shape index (κ2) is 6.33. The summed E-state index contributed by atoms with van der Waals surface area (Å²) in [4.78, 5) is 19.0. The Labute approximate surface area is 119 Å². The molecule has 0 spiro atoms. The monoisotopic (exact) mass is 294 g/mol. The van der Waals surface area contributed by atoms with Gasteiger partial charge >= 0.3 is 0 Å². The molecule has 20 heavy (non-hydrogen) atoms. The number of pyridine rings is 1. The Morgan fingerprint density at radius 3 is 2.85 bits per heavy atom. The van der Waals surface area contributed by atoms with Crippen LogP contribution in [0.4, 0.5) is 11.5 Å². The molecule has 0 saturated carbocycles. The molecule has 2 aromatic heterocycles. The zero-order valence-electron chi connectivity index (χ0n) is 11.1. The molecule has 0 aliphatic heterocycles. The fraction of sp³-hybridized carbons (Fsp3) is 0.364. The van der Waals surface area contributed by atoms with Crippen LogP contribution in [0.2, 0.25) is 0 Å². The molecule has 0 amide bonds. The minimum atomic E-state index is -0.438. The first-order chi connectivity index (χ1) is 9.58. The third kappa shape index (κ3) is 3.67. The van der Waals surface area contributed by atoms with Crippen LogP contribution in [-0.2, 0) is 0 Å². The Morgan fingerprint density at radius 2 is 2.25 bits per heavy atom. The van der Waals surface area contributed by atoms with Gasteiger partial charge in [-0.2, -0.15) is 0 Å². The quantitative estimate of drug-likeness (QED) is 0.621. The van der Waals surface area contributed by atoms with Gasteiger partial charge in [0.2, 0.25) is 5.16 Å². The van der Waals surface area contributed by atoms with Crippen LogP contribution < -0.4 is 5.32 Å². The summed E-state index contributed by atoms with van der Waals surface area (Å²) in [7, 11) is 0. The van der Waals surface area contributed by atoms with E-state index in [0.29, 0.717) is 28.4 Å². The van der Waals surface area contributed by atoms with Gasteiger partial charge < -0.3 is 5.32 Å². The van der Waals surface area contributed by atoms with E-state index in [4.69, 9.17) is 0 Å². The zero-order valence-corrected chi connectivity index (χ0v) is 11.9. The summed E-state index contributed by atoms with van der Waals surface area (Å²) in [5, 5.41) is 21.6. The van der Waals surface area contributed by atoms with E-state index in [-0.39, 0.29) is 5.69 Å². The largest absolute Gasteiger partial charge is 0.370 e. The summed E-state index contributed by atoms with van der Waals surface area (Å²) >= 11 is 1.18. The van der Waals surface area contributed by atoms with Gasteiger partial charge in [-0.25, -0.2) is 9.97 Å². The van der Waals surface area contributed by atoms with Crippen LogP contribution in [0.3, 0.4) is 0 Å². The summed E-state index contributed by atoms with van der Waals surface area (Å²) in [5.74, 6) is 1.16. The van der Waals surface area contributed by atoms with E-state index in [1.165, 1.54) is 23.9 Å². The number of nitro groups is 1. The number of hydrogen-bond donors (Lipinski definition) is 2. The van der Waals surface area contributed by atoms with Crippen molar-refractivity contribution in [3.63, 3.8) is 0 Å². The van der Waals surface area contributed by atoms with Gasteiger partial charge in [-0.05, 0) is 25.1 Å². The fourth-order valence-corrected chi connectivity index (χ4v) is 2.24. The molecule has 0 aromatic carbocycles. The molecule has 0 fully saturated rings. The van der Waals surface area contributed by atoms with Crippen molar-refractivity contribution in [2.45, 2.75) is 30.5 Å². The molecule has 106 valence electrons. The fourth-order valence-electron chi connectivity index (χ4n) is 1.45. The number of H-pyrrole nitrogens is 1. The normalized spacial score (nSPS) is 10.5. The zero-order chi connectivity index (χ0) is 14.5. The van der Waals surface area contributed by atoms with E-state index in [1.807, 2.05) is 6.92 Å². The molecule has 0 radical (unpaired) electrons. The lowest BCUT2D eigenvalue weighted by molar-refractivity contribution is -0.385. The molecule has 2 aromatic rings. The van der Waals surface area contributed by atoms with E-state index < -0.39 is 4.92 Å². The number of nitrogens with zero attached hydrogens (tertiary/aromatic N) is 4. The number of rotatable bonds is 6. The summed E-state index contributed by atoms with van der Waals surface area (Å²) in [6, 6.07) is 2.83. The second-order valence-corrected chi connectivity index (χ2v) is 5.03. The lowest BCUT2D eigenvalue weighted by Crippen LogP contribution is -2.03. The van der Waals surface area contributed by atoms with Crippen molar-refractivity contribution in [3.05, 3.63) is 28.1 Å². The van der Waals surface area contributed by atoms with Crippen LogP contribution in [0, 0.1) is 17.0 Å². The molecule has 2 rings (SSSR count). The van der Waals surface area contributed by atoms with Crippen LogP contribution in [0.25, 0.3) is 0 Å². The molecule has 8 nitrogen and oxygen atoms in total. The van der Waals surface area contributed by atoms with E-state index in [9.17, 15) is 10.1 Å². The Balaban J connectivity index is 2.26. The predicted octanol–water partition coefficient (Wildman–Crippen LogP) is 2.39. The lowest BCUT2D eigenvalue weighted by Gasteiger charge is -2.05. The maximum atomic E-state index is 10.9. The second-order valence-electron chi connectivity index (χ2n) is 4.04. The van der Waals surface area contributed by atoms with Crippen LogP contribution in [0.15, 0.2) is 22.3 Å². The summed E-state index contributed by atoms with van der Waals surface area (Å²) in [6.45, 7) is 4.50. The van der Waals surface area contributed by atoms with Crippen molar-refractivity contribution in [3.8, 4) is 0 Å². The SMILES string of the molecule is CCCNc1cc([N+](=O)[O-])cc(Sc2n[nH]c(C)n2)n1. The Hall–Kier alpha value is -2.16. The van der Waals surface area contributed by atoms with Crippen LogP contribution in [0.1, 0.15) is 19.2 Å². The summed E-state index contributed by atoms with van der Waals surface area (Å²) < 4.78 is 0. The average Bonchev–Trinajstić information content (AvgIpc) is 2.81. The van der Waals surface area contributed by atoms with Gasteiger partial charge in [0, 0.05) is 12.6 Å². The van der Waals surface area contributed by atoms with Crippen molar-refractivity contribution in [2.24, 2.45) is 0 Å². The minimum Gasteiger partial charge on any atom is -0.370 e. The third-order valence-corrected chi connectivity index (χ3v) is 3.11. The highest BCUT2D eigenvalue weighted by molar-refractivity contribution is 7.99. The smallest absolute Gasteiger partial charge is 0.275 e. The molecule has 2 N–H and O–H groups in total. The third-order valence-electron chi connectivity index (χ3n) is 2.33. The first-order valence-corrected chi connectivity index (χ1v) is 6.87. The van der Waals surface area contributed by atoms with E-state index in [0.717, 1.165) is 6.42 Å². The highest BCUT2D eigenvalue weighted by atomic mass is 32.2. The van der Waals surface area contributed by atoms with Crippen molar-refractivity contribution in [1.29, 1.82) is 0 Å². The number of aromatic nitrogens is 4. The molecule has 0 unspecified atom stereocenters. The summed E-state index contributed by atoms with van der Waals surface area (Å²) in [5.41, 5.74) is -0.00615. The molecule has 9 heteroatoms. The first kappa shape index (κ1) is 14.3. The van der Waals surface area contributed by atoms with Gasteiger partial charge in [0.05, 0.1) is 11.0 Å². The minimum absolute atomic E-state index is 0.00615. The van der Waals surface area contributed by atoms with Crippen LogP contribution in [0.5, 0.6) is 0 Å². The Kier molecular flexibility index (Phi) is 4.51. The first-order valence-electron chi connectivity index (χ1n) is 6.05. The number of aromatic amines is 1. The molecule has 2 heterocycles. The molecular weight excluding hydrogens is 280 g/mol. The molecule has 0 aliphatic rings. The molecule has 0 saturated heterocycles. The average molecular weight is 294 g/mol. The van der Waals surface area contributed by atoms with Gasteiger partial charge in [-0.3, -0.25) is 15.2 Å². The summed E-state index contributed by atoms with van der Waals surface area (Å²) in [6.07, 6.45) is 0.910. The van der Waals surface area contributed by atoms with Crippen molar-refractivity contribution in [2.75, 3.05) is 11.9 Å². The van der Waals surface area contributed by atoms with Gasteiger partial charge in [0.25, 0.3) is 5.69 Å². The standard InChI is InChI=1S/C11H14N6O2S/c1-3-4-12-9-5-8(17(18)19)6-10(14-9)20-11-13-7(2)15-16-11/h5-6H,3-4H2,1-2H3,(H,12,14)(H,13,15,16). The van der Waals surface area contributed by atoms with E-state index >= 15 is 0 Å². The Morgan fingerprint density at radius 1 is 1.45 bits per heavy atom. The number of aryl methyl sites for hydroxylation is 1. The Bertz CT molecular complexity index is 615. The highest BCUT2D eigenvalue weighted by Gasteiger charge is 2.13. The van der Waals surface area contributed by atoms with E-state index in [2.05, 4.69) is 25.5 Å². The van der Waals surface area contributed by atoms with Gasteiger partial charge in [0.15, 0.2) is 0 Å². The maximum absolute atomic E-state index is 10.9.